The van der Waals surface area contributed by atoms with Crippen LogP contribution in [-0.4, -0.2) is 31.1 Å². The van der Waals surface area contributed by atoms with Crippen molar-refractivity contribution in [1.82, 2.24) is 10.2 Å². The molecule has 0 radical (unpaired) electrons. The van der Waals surface area contributed by atoms with Gasteiger partial charge in [-0.15, -0.1) is 0 Å². The highest BCUT2D eigenvalue weighted by molar-refractivity contribution is 5.19. The van der Waals surface area contributed by atoms with E-state index in [9.17, 15) is 4.39 Å². The van der Waals surface area contributed by atoms with Crippen LogP contribution in [-0.2, 0) is 0 Å². The number of piperidine rings is 1. The maximum absolute atomic E-state index is 12.9. The molecule has 1 unspecified atom stereocenters. The fourth-order valence-corrected chi connectivity index (χ4v) is 2.58. The Labute approximate surface area is 109 Å². The van der Waals surface area contributed by atoms with E-state index in [4.69, 9.17) is 0 Å². The van der Waals surface area contributed by atoms with Gasteiger partial charge in [0.25, 0.3) is 0 Å². The standard InChI is InChI=1S/C15H23FN2/c1-12(13-6-8-14(16)9-7-13)17-11-15-5-3-4-10-18(15)2/h6-9,12,15,17H,3-5,10-11H2,1-2H3/t12-,15?/m1/s1. The van der Waals surface area contributed by atoms with E-state index in [2.05, 4.69) is 24.2 Å². The fraction of sp³-hybridized carbons (Fsp3) is 0.600. The number of nitrogens with zero attached hydrogens (tertiary/aromatic N) is 1. The Morgan fingerprint density at radius 1 is 1.33 bits per heavy atom. The van der Waals surface area contributed by atoms with E-state index in [1.54, 1.807) is 0 Å². The fourth-order valence-electron chi connectivity index (χ4n) is 2.58. The van der Waals surface area contributed by atoms with Gasteiger partial charge in [0.1, 0.15) is 5.82 Å². The maximum atomic E-state index is 12.9. The minimum atomic E-state index is -0.169. The average Bonchev–Trinajstić information content (AvgIpc) is 2.38. The summed E-state index contributed by atoms with van der Waals surface area (Å²) < 4.78 is 12.9. The summed E-state index contributed by atoms with van der Waals surface area (Å²) in [6.45, 7) is 4.35. The van der Waals surface area contributed by atoms with E-state index in [0.717, 1.165) is 12.1 Å². The average molecular weight is 250 g/mol. The lowest BCUT2D eigenvalue weighted by Gasteiger charge is -2.33. The second-order valence-electron chi connectivity index (χ2n) is 5.31. The van der Waals surface area contributed by atoms with Crippen molar-refractivity contribution >= 4 is 0 Å². The Bertz CT molecular complexity index is 363. The molecule has 18 heavy (non-hydrogen) atoms. The zero-order chi connectivity index (χ0) is 13.0. The minimum absolute atomic E-state index is 0.169. The summed E-state index contributed by atoms with van der Waals surface area (Å²) in [7, 11) is 2.20. The number of hydrogen-bond donors (Lipinski definition) is 1. The monoisotopic (exact) mass is 250 g/mol. The van der Waals surface area contributed by atoms with Crippen molar-refractivity contribution in [3.05, 3.63) is 35.6 Å². The van der Waals surface area contributed by atoms with Crippen LogP contribution in [0.4, 0.5) is 4.39 Å². The van der Waals surface area contributed by atoms with Gasteiger partial charge in [-0.1, -0.05) is 18.6 Å². The van der Waals surface area contributed by atoms with Crippen LogP contribution >= 0.6 is 0 Å². The molecule has 1 fully saturated rings. The Morgan fingerprint density at radius 3 is 2.72 bits per heavy atom. The third-order valence-electron chi connectivity index (χ3n) is 3.95. The van der Waals surface area contributed by atoms with E-state index in [-0.39, 0.29) is 11.9 Å². The molecule has 1 aromatic carbocycles. The molecular weight excluding hydrogens is 227 g/mol. The summed E-state index contributed by atoms with van der Waals surface area (Å²) in [5, 5.41) is 3.55. The van der Waals surface area contributed by atoms with E-state index < -0.39 is 0 Å². The van der Waals surface area contributed by atoms with Crippen molar-refractivity contribution in [2.45, 2.75) is 38.3 Å². The summed E-state index contributed by atoms with van der Waals surface area (Å²) in [6.07, 6.45) is 3.93. The lowest BCUT2D eigenvalue weighted by molar-refractivity contribution is 0.178. The van der Waals surface area contributed by atoms with Crippen LogP contribution in [0.2, 0.25) is 0 Å². The van der Waals surface area contributed by atoms with Crippen LogP contribution in [0, 0.1) is 5.82 Å². The Balaban J connectivity index is 1.83. The predicted octanol–water partition coefficient (Wildman–Crippen LogP) is 2.96. The number of nitrogens with one attached hydrogen (secondary N) is 1. The molecule has 1 aromatic rings. The molecule has 0 amide bonds. The summed E-state index contributed by atoms with van der Waals surface area (Å²) in [5.74, 6) is -0.169. The van der Waals surface area contributed by atoms with Crippen LogP contribution < -0.4 is 5.32 Å². The smallest absolute Gasteiger partial charge is 0.123 e. The number of hydrogen-bond acceptors (Lipinski definition) is 2. The van der Waals surface area contributed by atoms with Gasteiger partial charge in [-0.2, -0.15) is 0 Å². The van der Waals surface area contributed by atoms with Gasteiger partial charge in [-0.25, -0.2) is 4.39 Å². The van der Waals surface area contributed by atoms with Gasteiger partial charge in [0.05, 0.1) is 0 Å². The molecule has 1 heterocycles. The molecule has 0 aromatic heterocycles. The highest BCUT2D eigenvalue weighted by Crippen LogP contribution is 2.17. The summed E-state index contributed by atoms with van der Waals surface area (Å²) in [5.41, 5.74) is 1.15. The minimum Gasteiger partial charge on any atom is -0.309 e. The molecule has 1 N–H and O–H groups in total. The van der Waals surface area contributed by atoms with Gasteiger partial charge in [-0.05, 0) is 51.1 Å². The van der Waals surface area contributed by atoms with Crippen molar-refractivity contribution in [2.75, 3.05) is 20.1 Å². The van der Waals surface area contributed by atoms with Gasteiger partial charge < -0.3 is 10.2 Å². The molecule has 100 valence electrons. The normalized spacial score (nSPS) is 22.9. The van der Waals surface area contributed by atoms with Crippen LogP contribution in [0.1, 0.15) is 37.8 Å². The van der Waals surface area contributed by atoms with Gasteiger partial charge in [0.2, 0.25) is 0 Å². The third-order valence-corrected chi connectivity index (χ3v) is 3.95. The van der Waals surface area contributed by atoms with Crippen LogP contribution in [0.25, 0.3) is 0 Å². The van der Waals surface area contributed by atoms with Crippen molar-refractivity contribution in [1.29, 1.82) is 0 Å². The lowest BCUT2D eigenvalue weighted by atomic mass is 10.0. The predicted molar refractivity (Wildman–Crippen MR) is 73.1 cm³/mol. The Morgan fingerprint density at radius 2 is 2.06 bits per heavy atom. The van der Waals surface area contributed by atoms with Crippen molar-refractivity contribution in [3.63, 3.8) is 0 Å². The van der Waals surface area contributed by atoms with Gasteiger partial charge in [0.15, 0.2) is 0 Å². The molecule has 0 saturated carbocycles. The first-order valence-electron chi connectivity index (χ1n) is 6.86. The highest BCUT2D eigenvalue weighted by Gasteiger charge is 2.19. The topological polar surface area (TPSA) is 15.3 Å². The zero-order valence-electron chi connectivity index (χ0n) is 11.3. The summed E-state index contributed by atoms with van der Waals surface area (Å²) in [4.78, 5) is 2.44. The highest BCUT2D eigenvalue weighted by atomic mass is 19.1. The molecule has 2 atom stereocenters. The first-order chi connectivity index (χ1) is 8.66. The van der Waals surface area contributed by atoms with E-state index in [0.29, 0.717) is 6.04 Å². The van der Waals surface area contributed by atoms with Gasteiger partial charge >= 0.3 is 0 Å². The van der Waals surface area contributed by atoms with E-state index in [1.165, 1.54) is 37.9 Å². The molecule has 1 saturated heterocycles. The molecule has 2 nitrogen and oxygen atoms in total. The number of likely N-dealkylation sites (N-methyl/N-ethyl adjacent to an activating group) is 1. The molecule has 0 spiro atoms. The molecule has 1 aliphatic rings. The third kappa shape index (κ3) is 3.53. The van der Waals surface area contributed by atoms with Crippen molar-refractivity contribution < 1.29 is 4.39 Å². The number of halogens is 1. The summed E-state index contributed by atoms with van der Waals surface area (Å²) >= 11 is 0. The Hall–Kier alpha value is -0.930. The molecule has 0 aliphatic carbocycles. The molecule has 2 rings (SSSR count). The van der Waals surface area contributed by atoms with Crippen LogP contribution in [0.15, 0.2) is 24.3 Å². The number of benzene rings is 1. The zero-order valence-corrected chi connectivity index (χ0v) is 11.3. The second-order valence-corrected chi connectivity index (χ2v) is 5.31. The van der Waals surface area contributed by atoms with Gasteiger partial charge in [-0.3, -0.25) is 0 Å². The van der Waals surface area contributed by atoms with E-state index in [1.807, 2.05) is 12.1 Å². The second kappa shape index (κ2) is 6.30. The van der Waals surface area contributed by atoms with Crippen LogP contribution in [0.5, 0.6) is 0 Å². The summed E-state index contributed by atoms with van der Waals surface area (Å²) in [6, 6.07) is 7.69. The van der Waals surface area contributed by atoms with Gasteiger partial charge in [0, 0.05) is 18.6 Å². The largest absolute Gasteiger partial charge is 0.309 e. The molecule has 1 aliphatic heterocycles. The lowest BCUT2D eigenvalue weighted by Crippen LogP contribution is -2.43. The molecule has 0 bridgehead atoms. The number of likely N-dealkylation sites (tertiary alicyclic amines) is 1. The first kappa shape index (κ1) is 13.5. The van der Waals surface area contributed by atoms with Crippen molar-refractivity contribution in [2.24, 2.45) is 0 Å². The van der Waals surface area contributed by atoms with Crippen LogP contribution in [0.3, 0.4) is 0 Å². The SMILES string of the molecule is C[C@@H](NCC1CCCCN1C)c1ccc(F)cc1. The van der Waals surface area contributed by atoms with E-state index >= 15 is 0 Å². The number of rotatable bonds is 4. The maximum Gasteiger partial charge on any atom is 0.123 e. The Kier molecular flexibility index (Phi) is 4.72. The molecular formula is C15H23FN2. The quantitative estimate of drug-likeness (QED) is 0.884. The molecule has 3 heteroatoms. The first-order valence-corrected chi connectivity index (χ1v) is 6.86. The van der Waals surface area contributed by atoms with Crippen molar-refractivity contribution in [3.8, 4) is 0 Å².